The first-order chi connectivity index (χ1) is 15.4. The molecule has 0 bridgehead atoms. The van der Waals surface area contributed by atoms with Gasteiger partial charge >= 0.3 is 5.97 Å². The molecule has 0 aliphatic rings. The summed E-state index contributed by atoms with van der Waals surface area (Å²) in [7, 11) is 0. The zero-order valence-electron chi connectivity index (χ0n) is 18.7. The number of aliphatic hydroxyl groups excluding tert-OH is 1. The lowest BCUT2D eigenvalue weighted by molar-refractivity contribution is -0.141. The third kappa shape index (κ3) is 8.91. The number of thiol groups is 1. The lowest BCUT2D eigenvalue weighted by atomic mass is 10.0. The summed E-state index contributed by atoms with van der Waals surface area (Å²) >= 11 is 3.91. The summed E-state index contributed by atoms with van der Waals surface area (Å²) in [5, 5.41) is 35.8. The summed E-state index contributed by atoms with van der Waals surface area (Å²) in [5.41, 5.74) is 6.36. The van der Waals surface area contributed by atoms with E-state index in [1.165, 1.54) is 31.2 Å². The maximum absolute atomic E-state index is 12.9. The molecule has 0 saturated heterocycles. The third-order valence-electron chi connectivity index (χ3n) is 4.89. The summed E-state index contributed by atoms with van der Waals surface area (Å²) in [6, 6.07) is 0.990. The van der Waals surface area contributed by atoms with Gasteiger partial charge < -0.3 is 37.0 Å². The normalized spacial score (nSPS) is 15.6. The number of carboxylic acids is 1. The molecule has 5 unspecified atom stereocenters. The molecule has 3 amide bonds. The van der Waals surface area contributed by atoms with Crippen LogP contribution in [-0.2, 0) is 25.6 Å². The van der Waals surface area contributed by atoms with Crippen molar-refractivity contribution >= 4 is 36.3 Å². The monoisotopic (exact) mass is 484 g/mol. The fraction of sp³-hybridized carbons (Fsp3) is 0.524. The van der Waals surface area contributed by atoms with Gasteiger partial charge in [0.1, 0.15) is 23.9 Å². The molecule has 0 radical (unpaired) electrons. The van der Waals surface area contributed by atoms with E-state index < -0.39 is 54.0 Å². The van der Waals surface area contributed by atoms with Gasteiger partial charge in [0.15, 0.2) is 0 Å². The van der Waals surface area contributed by atoms with Gasteiger partial charge in [-0.3, -0.25) is 14.4 Å². The van der Waals surface area contributed by atoms with Crippen LogP contribution in [0.1, 0.15) is 26.3 Å². The average Bonchev–Trinajstić information content (AvgIpc) is 2.75. The van der Waals surface area contributed by atoms with E-state index in [1.54, 1.807) is 13.8 Å². The predicted molar refractivity (Wildman–Crippen MR) is 124 cm³/mol. The minimum absolute atomic E-state index is 0.00294. The Hall–Kier alpha value is -2.83. The van der Waals surface area contributed by atoms with Gasteiger partial charge in [0.2, 0.25) is 17.7 Å². The summed E-state index contributed by atoms with van der Waals surface area (Å²) in [6.45, 7) is 4.74. The Kier molecular flexibility index (Phi) is 11.1. The van der Waals surface area contributed by atoms with E-state index >= 15 is 0 Å². The zero-order chi connectivity index (χ0) is 25.3. The number of carbonyl (C=O) groups is 4. The standard InChI is InChI=1S/C21H32N4O7S/c1-10(2)16(22)19(29)25-17(11(3)26)20(30)23-14(8-12-4-6-13(27)7-5-12)18(28)24-15(9-33)21(31)32/h4-7,10-11,14-17,26-27,33H,8-9,22H2,1-3H3,(H,23,30)(H,24,28)(H,25,29)(H,31,32). The number of hydrogen-bond donors (Lipinski definition) is 8. The number of benzene rings is 1. The van der Waals surface area contributed by atoms with Crippen LogP contribution < -0.4 is 21.7 Å². The molecule has 1 aromatic carbocycles. The molecule has 0 heterocycles. The number of aliphatic carboxylic acids is 1. The van der Waals surface area contributed by atoms with Crippen LogP contribution in [0.2, 0.25) is 0 Å². The molecule has 5 atom stereocenters. The molecule has 8 N–H and O–H groups in total. The van der Waals surface area contributed by atoms with E-state index in [4.69, 9.17) is 5.73 Å². The van der Waals surface area contributed by atoms with Crippen molar-refractivity contribution in [2.75, 3.05) is 5.75 Å². The Morgan fingerprint density at radius 1 is 0.939 bits per heavy atom. The van der Waals surface area contributed by atoms with Crippen molar-refractivity contribution in [2.24, 2.45) is 11.7 Å². The van der Waals surface area contributed by atoms with Crippen LogP contribution in [-0.4, -0.2) is 75.0 Å². The van der Waals surface area contributed by atoms with Gasteiger partial charge in [0, 0.05) is 12.2 Å². The largest absolute Gasteiger partial charge is 0.508 e. The van der Waals surface area contributed by atoms with Gasteiger partial charge in [0.25, 0.3) is 0 Å². The van der Waals surface area contributed by atoms with E-state index in [9.17, 15) is 34.5 Å². The van der Waals surface area contributed by atoms with Crippen LogP contribution in [0.25, 0.3) is 0 Å². The third-order valence-corrected chi connectivity index (χ3v) is 5.26. The van der Waals surface area contributed by atoms with Crippen LogP contribution in [0.4, 0.5) is 0 Å². The molecule has 0 fully saturated rings. The van der Waals surface area contributed by atoms with Gasteiger partial charge in [-0.15, -0.1) is 0 Å². The number of nitrogens with two attached hydrogens (primary N) is 1. The van der Waals surface area contributed by atoms with Gasteiger partial charge in [-0.25, -0.2) is 4.79 Å². The average molecular weight is 485 g/mol. The minimum Gasteiger partial charge on any atom is -0.508 e. The lowest BCUT2D eigenvalue weighted by Gasteiger charge is -2.27. The number of hydrogen-bond acceptors (Lipinski definition) is 8. The number of nitrogens with one attached hydrogen (secondary N) is 3. The number of phenols is 1. The smallest absolute Gasteiger partial charge is 0.327 e. The summed E-state index contributed by atoms with van der Waals surface area (Å²) in [4.78, 5) is 49.3. The van der Waals surface area contributed by atoms with E-state index in [2.05, 4.69) is 28.6 Å². The summed E-state index contributed by atoms with van der Waals surface area (Å²) in [6.07, 6.45) is -1.36. The molecule has 184 valence electrons. The predicted octanol–water partition coefficient (Wildman–Crippen LogP) is -1.23. The second-order valence-electron chi connectivity index (χ2n) is 8.01. The van der Waals surface area contributed by atoms with Crippen LogP contribution in [0.3, 0.4) is 0 Å². The molecule has 1 rings (SSSR count). The topological polar surface area (TPSA) is 191 Å². The second-order valence-corrected chi connectivity index (χ2v) is 8.38. The van der Waals surface area contributed by atoms with Gasteiger partial charge in [-0.05, 0) is 30.5 Å². The van der Waals surface area contributed by atoms with Gasteiger partial charge in [-0.1, -0.05) is 26.0 Å². The first-order valence-electron chi connectivity index (χ1n) is 10.3. The van der Waals surface area contributed by atoms with Crippen LogP contribution in [0, 0.1) is 5.92 Å². The highest BCUT2D eigenvalue weighted by atomic mass is 32.1. The van der Waals surface area contributed by atoms with Gasteiger partial charge in [-0.2, -0.15) is 12.6 Å². The quantitative estimate of drug-likeness (QED) is 0.169. The molecule has 33 heavy (non-hydrogen) atoms. The number of rotatable bonds is 12. The Labute approximate surface area is 197 Å². The maximum atomic E-state index is 12.9. The fourth-order valence-electron chi connectivity index (χ4n) is 2.75. The van der Waals surface area contributed by atoms with E-state index in [0.717, 1.165) is 0 Å². The number of aliphatic hydroxyl groups is 1. The van der Waals surface area contributed by atoms with E-state index in [0.29, 0.717) is 5.56 Å². The van der Waals surface area contributed by atoms with Gasteiger partial charge in [0.05, 0.1) is 12.1 Å². The first-order valence-corrected chi connectivity index (χ1v) is 11.0. The van der Waals surface area contributed by atoms with E-state index in [1.807, 2.05) is 0 Å². The van der Waals surface area contributed by atoms with Crippen molar-refractivity contribution in [3.63, 3.8) is 0 Å². The molecular weight excluding hydrogens is 452 g/mol. The van der Waals surface area contributed by atoms with Crippen LogP contribution in [0.15, 0.2) is 24.3 Å². The van der Waals surface area contributed by atoms with E-state index in [-0.39, 0.29) is 23.8 Å². The number of phenolic OH excluding ortho intramolecular Hbond substituents is 1. The van der Waals surface area contributed by atoms with Crippen molar-refractivity contribution < 1.29 is 34.5 Å². The molecule has 0 spiro atoms. The number of carbonyl (C=O) groups excluding carboxylic acids is 3. The molecule has 0 aliphatic carbocycles. The molecule has 0 aromatic heterocycles. The molecule has 12 heteroatoms. The highest BCUT2D eigenvalue weighted by molar-refractivity contribution is 7.80. The highest BCUT2D eigenvalue weighted by Crippen LogP contribution is 2.12. The first kappa shape index (κ1) is 28.2. The van der Waals surface area contributed by atoms with Crippen molar-refractivity contribution in [3.8, 4) is 5.75 Å². The Bertz CT molecular complexity index is 832. The van der Waals surface area contributed by atoms with Crippen molar-refractivity contribution in [3.05, 3.63) is 29.8 Å². The summed E-state index contributed by atoms with van der Waals surface area (Å²) < 4.78 is 0. The molecule has 0 aliphatic heterocycles. The molecule has 11 nitrogen and oxygen atoms in total. The molecule has 1 aromatic rings. The number of carboxylic acid groups (broad SMARTS) is 1. The minimum atomic E-state index is -1.41. The molecule has 0 saturated carbocycles. The zero-order valence-corrected chi connectivity index (χ0v) is 19.6. The Morgan fingerprint density at radius 3 is 1.94 bits per heavy atom. The number of aromatic hydroxyl groups is 1. The van der Waals surface area contributed by atoms with Crippen molar-refractivity contribution in [1.82, 2.24) is 16.0 Å². The van der Waals surface area contributed by atoms with Crippen molar-refractivity contribution in [2.45, 2.75) is 57.5 Å². The highest BCUT2D eigenvalue weighted by Gasteiger charge is 2.32. The summed E-state index contributed by atoms with van der Waals surface area (Å²) in [5.74, 6) is -4.00. The SMILES string of the molecule is CC(C)C(N)C(=O)NC(C(=O)NC(Cc1ccc(O)cc1)C(=O)NC(CS)C(=O)O)C(C)O. The fourth-order valence-corrected chi connectivity index (χ4v) is 3.00. The van der Waals surface area contributed by atoms with Crippen molar-refractivity contribution in [1.29, 1.82) is 0 Å². The van der Waals surface area contributed by atoms with Crippen LogP contribution >= 0.6 is 12.6 Å². The number of amides is 3. The van der Waals surface area contributed by atoms with Crippen LogP contribution in [0.5, 0.6) is 5.75 Å². The Balaban J connectivity index is 3.10. The Morgan fingerprint density at radius 2 is 1.48 bits per heavy atom. The lowest BCUT2D eigenvalue weighted by Crippen LogP contribution is -2.60. The second kappa shape index (κ2) is 13.0. The molecular formula is C21H32N4O7S. The maximum Gasteiger partial charge on any atom is 0.327 e.